The molecule has 1 aliphatic heterocycles. The van der Waals surface area contributed by atoms with Crippen LogP contribution in [0.2, 0.25) is 0 Å². The minimum absolute atomic E-state index is 0.132. The molecule has 0 atom stereocenters. The van der Waals surface area contributed by atoms with Crippen LogP contribution in [-0.4, -0.2) is 9.52 Å². The number of benzene rings is 6. The van der Waals surface area contributed by atoms with Gasteiger partial charge in [0.2, 0.25) is 0 Å². The molecule has 0 saturated heterocycles. The Morgan fingerprint density at radius 2 is 0.875 bits per heavy atom. The largest absolute Gasteiger partial charge is 0.184 e. The van der Waals surface area contributed by atoms with Crippen molar-refractivity contribution < 1.29 is 20.8 Å². The number of fused-ring (bicyclic) bond motifs is 5. The van der Waals surface area contributed by atoms with E-state index in [2.05, 4.69) is 252 Å². The number of hydrogen-bond acceptors (Lipinski definition) is 0. The molecule has 9 rings (SSSR count). The summed E-state index contributed by atoms with van der Waals surface area (Å²) in [5.74, 6) is 1.36. The molecule has 0 saturated carbocycles. The van der Waals surface area contributed by atoms with Gasteiger partial charge in [-0.3, -0.25) is 0 Å². The van der Waals surface area contributed by atoms with Crippen molar-refractivity contribution >= 4 is 58.5 Å². The van der Waals surface area contributed by atoms with Gasteiger partial charge in [-0.25, -0.2) is 0 Å². The molecule has 1 heterocycles. The Kier molecular flexibility index (Phi) is 18.7. The maximum atomic E-state index is 4.93. The van der Waals surface area contributed by atoms with Crippen LogP contribution in [0.4, 0.5) is 0 Å². The van der Waals surface area contributed by atoms with E-state index in [1.54, 1.807) is 0 Å². The van der Waals surface area contributed by atoms with Crippen molar-refractivity contribution in [2.75, 3.05) is 0 Å². The Hall–Kier alpha value is -3.78. The summed E-state index contributed by atoms with van der Waals surface area (Å²) in [5.41, 5.74) is 20.1. The molecule has 4 heteroatoms. The Labute approximate surface area is 458 Å². The number of rotatable bonds is 6. The molecule has 0 N–H and O–H groups in total. The van der Waals surface area contributed by atoms with Crippen molar-refractivity contribution in [1.82, 2.24) is 0 Å². The SMILES string of the molecule is Cc1ccc2[cH-]c(CC(C)C)cc2c1-c1cc(C(C)(C)C)cc(C(C)(C)C)c1.Cc1ccc2[cH-]c(CC(C)C)cc2c1-c1cc(C(C)(C)C)cc(C(C)(C)C)c1.[Cl][Zr][Cl].[c-]1cccc2c1[Si]c1ccccc1-2. The van der Waals surface area contributed by atoms with Crippen molar-refractivity contribution in [2.24, 2.45) is 11.8 Å². The van der Waals surface area contributed by atoms with Crippen LogP contribution < -0.4 is 10.4 Å². The third-order valence-electron chi connectivity index (χ3n) is 13.8. The van der Waals surface area contributed by atoms with Crippen LogP contribution in [0.3, 0.4) is 0 Å². The van der Waals surface area contributed by atoms with E-state index in [-0.39, 0.29) is 21.7 Å². The monoisotopic (exact) mass is 1090 g/mol. The van der Waals surface area contributed by atoms with E-state index in [0.29, 0.717) is 11.8 Å². The van der Waals surface area contributed by atoms with Crippen molar-refractivity contribution in [3.8, 4) is 33.4 Å². The van der Waals surface area contributed by atoms with Gasteiger partial charge in [-0.15, -0.1) is 74.6 Å². The molecule has 378 valence electrons. The van der Waals surface area contributed by atoms with E-state index in [4.69, 9.17) is 17.0 Å². The predicted molar refractivity (Wildman–Crippen MR) is 319 cm³/mol. The molecule has 0 nitrogen and oxygen atoms in total. The van der Waals surface area contributed by atoms with E-state index in [9.17, 15) is 0 Å². The molecule has 72 heavy (non-hydrogen) atoms. The molecular weight excluding hydrogens is 1010 g/mol. The van der Waals surface area contributed by atoms with Crippen molar-refractivity contribution in [2.45, 2.75) is 159 Å². The van der Waals surface area contributed by atoms with E-state index in [0.717, 1.165) is 22.4 Å². The zero-order valence-electron chi connectivity index (χ0n) is 46.9. The second kappa shape index (κ2) is 23.4. The van der Waals surface area contributed by atoms with E-state index < -0.39 is 20.8 Å². The summed E-state index contributed by atoms with van der Waals surface area (Å²) in [6.07, 6.45) is 2.28. The molecule has 8 aromatic rings. The van der Waals surface area contributed by atoms with Crippen LogP contribution in [0.5, 0.6) is 0 Å². The van der Waals surface area contributed by atoms with Gasteiger partial charge in [0.25, 0.3) is 0 Å². The molecule has 0 bridgehead atoms. The molecule has 0 fully saturated rings. The fraction of sp³-hybridized carbons (Fsp3) is 0.382. The average Bonchev–Trinajstić information content (AvgIpc) is 3.99. The Morgan fingerprint density at radius 3 is 1.25 bits per heavy atom. The smallest absolute Gasteiger partial charge is 0.0920 e. The molecule has 0 amide bonds. The van der Waals surface area contributed by atoms with Gasteiger partial charge in [0.05, 0.1) is 9.52 Å². The average molecular weight is 1090 g/mol. The Balaban J connectivity index is 0.000000181. The fourth-order valence-corrected chi connectivity index (χ4v) is 11.2. The third-order valence-corrected chi connectivity index (χ3v) is 15.2. The summed E-state index contributed by atoms with van der Waals surface area (Å²) in [4.78, 5) is 0. The molecule has 0 unspecified atom stereocenters. The van der Waals surface area contributed by atoms with Gasteiger partial charge in [-0.1, -0.05) is 204 Å². The van der Waals surface area contributed by atoms with E-state index in [1.807, 2.05) is 6.07 Å². The molecule has 0 aliphatic carbocycles. The van der Waals surface area contributed by atoms with Gasteiger partial charge in [0, 0.05) is 0 Å². The first kappa shape index (κ1) is 57.5. The summed E-state index contributed by atoms with van der Waals surface area (Å²) < 4.78 is 0. The van der Waals surface area contributed by atoms with Gasteiger partial charge >= 0.3 is 37.9 Å². The first-order valence-corrected chi connectivity index (χ1v) is 33.5. The molecular formula is C68H81Cl2SiZr-3. The quantitative estimate of drug-likeness (QED) is 0.115. The Morgan fingerprint density at radius 1 is 0.500 bits per heavy atom. The van der Waals surface area contributed by atoms with Crippen LogP contribution in [0.15, 0.2) is 127 Å². The third kappa shape index (κ3) is 14.3. The fourth-order valence-electron chi connectivity index (χ4n) is 9.85. The summed E-state index contributed by atoms with van der Waals surface area (Å²) in [6.45, 7) is 41.5. The molecule has 0 spiro atoms. The van der Waals surface area contributed by atoms with Gasteiger partial charge < -0.3 is 0 Å². The Bertz CT molecular complexity index is 2830. The number of hydrogen-bond donors (Lipinski definition) is 0. The molecule has 8 aromatic carbocycles. The van der Waals surface area contributed by atoms with Crippen LogP contribution in [0.25, 0.3) is 54.9 Å². The van der Waals surface area contributed by atoms with Crippen LogP contribution >= 0.6 is 17.0 Å². The van der Waals surface area contributed by atoms with Crippen molar-refractivity contribution in [1.29, 1.82) is 0 Å². The molecule has 0 aromatic heterocycles. The number of aryl methyl sites for hydroxylation is 2. The topological polar surface area (TPSA) is 0 Å². The van der Waals surface area contributed by atoms with Gasteiger partial charge in [0.15, 0.2) is 0 Å². The zero-order valence-corrected chi connectivity index (χ0v) is 51.9. The van der Waals surface area contributed by atoms with Gasteiger partial charge in [0.1, 0.15) is 0 Å². The summed E-state index contributed by atoms with van der Waals surface area (Å²) in [5, 5.41) is 8.37. The van der Waals surface area contributed by atoms with E-state index >= 15 is 0 Å². The first-order valence-electron chi connectivity index (χ1n) is 26.1. The molecule has 1 aliphatic rings. The zero-order chi connectivity index (χ0) is 53.1. The summed E-state index contributed by atoms with van der Waals surface area (Å²) >= 11 is -0.826. The second-order valence-corrected chi connectivity index (χ2v) is 30.3. The maximum Gasteiger partial charge on any atom is 0.0920 e. The van der Waals surface area contributed by atoms with Gasteiger partial charge in [-0.05, 0) is 93.6 Å². The first-order chi connectivity index (χ1) is 33.6. The number of halogens is 2. The van der Waals surface area contributed by atoms with Crippen LogP contribution in [-0.2, 0) is 55.3 Å². The minimum Gasteiger partial charge on any atom is -0.184 e. The predicted octanol–water partition coefficient (Wildman–Crippen LogP) is 19.2. The minimum atomic E-state index is -0.826. The molecule has 2 radical (unpaired) electrons. The normalized spacial score (nSPS) is 12.5. The van der Waals surface area contributed by atoms with Crippen LogP contribution in [0.1, 0.15) is 155 Å². The van der Waals surface area contributed by atoms with Crippen LogP contribution in [0, 0.1) is 31.7 Å². The van der Waals surface area contributed by atoms with Crippen molar-refractivity contribution in [3.05, 3.63) is 178 Å². The maximum absolute atomic E-state index is 4.93. The van der Waals surface area contributed by atoms with E-state index in [1.165, 1.54) is 110 Å². The van der Waals surface area contributed by atoms with Crippen molar-refractivity contribution in [3.63, 3.8) is 0 Å². The summed E-state index contributed by atoms with van der Waals surface area (Å²) in [6, 6.07) is 51.5. The van der Waals surface area contributed by atoms with Gasteiger partial charge in [-0.2, -0.15) is 41.6 Å². The summed E-state index contributed by atoms with van der Waals surface area (Å²) in [7, 11) is 10.7. The second-order valence-electron chi connectivity index (χ2n) is 25.2. The standard InChI is InChI=1S/2C28H37.C12H7Si.2ClH.Zr/c2*1-18(2)12-20-13-21-11-10-19(3)26(25(21)14-20)22-15-23(27(4,5)6)17-24(16-22)28(7,8)9;1-3-7-11-9(5-1)10-6-2-4-8-12(10)13-11;;;/h2*10-11,13-18H,12H2,1-9H3;1-7H;2*1H;/q3*-1;;;+2/p-2.